The summed E-state index contributed by atoms with van der Waals surface area (Å²) in [7, 11) is -4.77. The maximum absolute atomic E-state index is 11.7. The molecule has 56 valence electrons. The molecule has 0 aromatic heterocycles. The van der Waals surface area contributed by atoms with Crippen LogP contribution in [0.1, 0.15) is 0 Å². The molecule has 0 fully saturated rings. The van der Waals surface area contributed by atoms with Crippen LogP contribution in [0.3, 0.4) is 0 Å². The van der Waals surface area contributed by atoms with E-state index in [-0.39, 0.29) is 0 Å². The molecule has 2 N–H and O–H groups in total. The van der Waals surface area contributed by atoms with Crippen LogP contribution < -0.4 is 0 Å². The first-order valence-electron chi connectivity index (χ1n) is 2.17. The fourth-order valence-corrected chi connectivity index (χ4v) is 0.592. The first-order chi connectivity index (χ1) is 4.02. The zero-order chi connectivity index (χ0) is 7.49. The molecular weight excluding hydrogens is 151 g/mol. The van der Waals surface area contributed by atoms with Crippen LogP contribution in [0, 0.1) is 0 Å². The van der Waals surface area contributed by atoms with E-state index >= 15 is 0 Å². The molecule has 0 saturated carbocycles. The molecule has 0 unspecified atom stereocenters. The molecule has 0 heterocycles. The second kappa shape index (κ2) is 3.09. The number of hydrogen-bond acceptors (Lipinski definition) is 4. The van der Waals surface area contributed by atoms with Crippen molar-refractivity contribution in [3.63, 3.8) is 0 Å². The zero-order valence-electron chi connectivity index (χ0n) is 4.49. The molecule has 4 nitrogen and oxygen atoms in total. The molecule has 0 aliphatic heterocycles. The quantitative estimate of drug-likeness (QED) is 0.497. The minimum absolute atomic E-state index is 0.894. The lowest BCUT2D eigenvalue weighted by atomic mass is 10.5. The van der Waals surface area contributed by atoms with Gasteiger partial charge in [-0.1, -0.05) is 0 Å². The Labute approximate surface area is 52.1 Å². The molecule has 0 radical (unpaired) electrons. The molecule has 0 bridgehead atoms. The third kappa shape index (κ3) is 2.73. The van der Waals surface area contributed by atoms with Crippen LogP contribution in [-0.2, 0) is 10.2 Å². The fraction of sp³-hybridized carbons (Fsp3) is 1.00. The Bertz CT molecular complexity index is 159. The highest BCUT2D eigenvalue weighted by Gasteiger charge is 2.22. The molecule has 0 spiro atoms. The molecule has 0 atom stereocenters. The van der Waals surface area contributed by atoms with E-state index in [0.717, 1.165) is 0 Å². The van der Waals surface area contributed by atoms with E-state index in [0.29, 0.717) is 0 Å². The normalized spacial score (nSPS) is 12.4. The van der Waals surface area contributed by atoms with Crippen LogP contribution >= 0.6 is 0 Å². The van der Waals surface area contributed by atoms with Crippen LogP contribution in [0.2, 0.25) is 0 Å². The lowest BCUT2D eigenvalue weighted by Gasteiger charge is -2.02. The number of halogens is 1. The summed E-state index contributed by atoms with van der Waals surface area (Å²) in [6.07, 6.45) is 0. The van der Waals surface area contributed by atoms with Gasteiger partial charge in [0, 0.05) is 0 Å². The van der Waals surface area contributed by atoms with Crippen molar-refractivity contribution in [2.75, 3.05) is 13.2 Å². The van der Waals surface area contributed by atoms with Gasteiger partial charge in [0.1, 0.15) is 5.25 Å². The first-order valence-corrected chi connectivity index (χ1v) is 3.62. The smallest absolute Gasteiger partial charge is 0.309 e. The summed E-state index contributed by atoms with van der Waals surface area (Å²) in [5, 5.41) is 14.5. The Morgan fingerprint density at radius 2 is 1.67 bits per heavy atom. The molecule has 0 aliphatic rings. The molecule has 0 saturated heterocycles. The van der Waals surface area contributed by atoms with Gasteiger partial charge in [-0.15, -0.1) is 3.89 Å². The summed E-state index contributed by atoms with van der Waals surface area (Å²) in [6.45, 7) is -1.79. The van der Waals surface area contributed by atoms with Crippen molar-refractivity contribution in [3.8, 4) is 0 Å². The highest BCUT2D eigenvalue weighted by atomic mass is 32.3. The molecule has 0 amide bonds. The van der Waals surface area contributed by atoms with Crippen LogP contribution in [0.4, 0.5) is 3.89 Å². The summed E-state index contributed by atoms with van der Waals surface area (Å²) in [5.41, 5.74) is 0. The van der Waals surface area contributed by atoms with E-state index in [4.69, 9.17) is 10.2 Å². The average Bonchev–Trinajstić information content (AvgIpc) is 1.65. The molecule has 0 rings (SSSR count). The molecule has 9 heavy (non-hydrogen) atoms. The van der Waals surface area contributed by atoms with E-state index in [1.807, 2.05) is 0 Å². The van der Waals surface area contributed by atoms with Gasteiger partial charge >= 0.3 is 10.2 Å². The van der Waals surface area contributed by atoms with Gasteiger partial charge in [0.15, 0.2) is 0 Å². The SMILES string of the molecule is O=S(=O)(F)C(CO)CO. The van der Waals surface area contributed by atoms with E-state index in [1.165, 1.54) is 0 Å². The zero-order valence-corrected chi connectivity index (χ0v) is 5.31. The van der Waals surface area contributed by atoms with Crippen LogP contribution in [0.15, 0.2) is 0 Å². The number of hydrogen-bond donors (Lipinski definition) is 2. The highest BCUT2D eigenvalue weighted by molar-refractivity contribution is 7.87. The van der Waals surface area contributed by atoms with Crippen LogP contribution in [-0.4, -0.2) is 37.1 Å². The predicted molar refractivity (Wildman–Crippen MR) is 28.0 cm³/mol. The molecule has 6 heteroatoms. The van der Waals surface area contributed by atoms with Crippen molar-refractivity contribution < 1.29 is 22.5 Å². The van der Waals surface area contributed by atoms with E-state index in [2.05, 4.69) is 0 Å². The summed E-state index contributed by atoms with van der Waals surface area (Å²) in [5.74, 6) is 0. The van der Waals surface area contributed by atoms with Crippen molar-refractivity contribution in [2.45, 2.75) is 5.25 Å². The van der Waals surface area contributed by atoms with Gasteiger partial charge < -0.3 is 10.2 Å². The number of aliphatic hydroxyl groups is 2. The first kappa shape index (κ1) is 8.80. The van der Waals surface area contributed by atoms with Gasteiger partial charge in [-0.25, -0.2) is 0 Å². The molecule has 0 aromatic carbocycles. The third-order valence-electron chi connectivity index (χ3n) is 0.805. The molecular formula is C3H7FO4S. The summed E-state index contributed by atoms with van der Waals surface area (Å²) in [6, 6.07) is 0. The Morgan fingerprint density at radius 3 is 1.67 bits per heavy atom. The van der Waals surface area contributed by atoms with Crippen molar-refractivity contribution in [2.24, 2.45) is 0 Å². The Kier molecular flexibility index (Phi) is 3.02. The summed E-state index contributed by atoms with van der Waals surface area (Å²) >= 11 is 0. The monoisotopic (exact) mass is 158 g/mol. The Hall–Kier alpha value is -0.200. The van der Waals surface area contributed by atoms with Crippen LogP contribution in [0.5, 0.6) is 0 Å². The predicted octanol–water partition coefficient (Wildman–Crippen LogP) is -1.36. The lowest BCUT2D eigenvalue weighted by molar-refractivity contribution is 0.221. The standard InChI is InChI=1S/C3H7FO4S/c4-9(7,8)3(1-5)2-6/h3,5-6H,1-2H2. The summed E-state index contributed by atoms with van der Waals surface area (Å²) in [4.78, 5) is 0. The van der Waals surface area contributed by atoms with Crippen molar-refractivity contribution in [3.05, 3.63) is 0 Å². The van der Waals surface area contributed by atoms with Crippen LogP contribution in [0.25, 0.3) is 0 Å². The number of rotatable bonds is 3. The minimum atomic E-state index is -4.77. The van der Waals surface area contributed by atoms with E-state index < -0.39 is 28.7 Å². The molecule has 0 aliphatic carbocycles. The summed E-state index contributed by atoms with van der Waals surface area (Å²) < 4.78 is 31.3. The average molecular weight is 158 g/mol. The molecule has 0 aromatic rings. The Morgan fingerprint density at radius 1 is 1.33 bits per heavy atom. The van der Waals surface area contributed by atoms with Gasteiger partial charge in [0.25, 0.3) is 0 Å². The van der Waals surface area contributed by atoms with Crippen molar-refractivity contribution in [1.29, 1.82) is 0 Å². The number of aliphatic hydroxyl groups excluding tert-OH is 2. The van der Waals surface area contributed by atoms with E-state index in [9.17, 15) is 12.3 Å². The Balaban J connectivity index is 4.14. The fourth-order valence-electron chi connectivity index (χ4n) is 0.236. The minimum Gasteiger partial charge on any atom is -0.395 e. The maximum atomic E-state index is 11.7. The van der Waals surface area contributed by atoms with Gasteiger partial charge in [-0.05, 0) is 0 Å². The van der Waals surface area contributed by atoms with Gasteiger partial charge in [-0.3, -0.25) is 0 Å². The second-order valence-electron chi connectivity index (χ2n) is 1.46. The van der Waals surface area contributed by atoms with Crippen molar-refractivity contribution in [1.82, 2.24) is 0 Å². The van der Waals surface area contributed by atoms with Gasteiger partial charge in [-0.2, -0.15) is 8.42 Å². The largest absolute Gasteiger partial charge is 0.395 e. The maximum Gasteiger partial charge on any atom is 0.309 e. The van der Waals surface area contributed by atoms with Gasteiger partial charge in [0.05, 0.1) is 13.2 Å². The van der Waals surface area contributed by atoms with Crippen molar-refractivity contribution >= 4 is 10.2 Å². The third-order valence-corrected chi connectivity index (χ3v) is 1.90. The van der Waals surface area contributed by atoms with Gasteiger partial charge in [0.2, 0.25) is 0 Å². The topological polar surface area (TPSA) is 74.6 Å². The van der Waals surface area contributed by atoms with E-state index in [1.54, 1.807) is 0 Å². The highest BCUT2D eigenvalue weighted by Crippen LogP contribution is 2.00. The lowest BCUT2D eigenvalue weighted by Crippen LogP contribution is -2.25. The second-order valence-corrected chi connectivity index (χ2v) is 3.08.